The Morgan fingerprint density at radius 2 is 1.66 bits per heavy atom. The van der Waals surface area contributed by atoms with E-state index in [2.05, 4.69) is 28.2 Å². The molecule has 0 aliphatic heterocycles. The summed E-state index contributed by atoms with van der Waals surface area (Å²) in [5, 5.41) is 2.85. The normalized spacial score (nSPS) is 11.5. The lowest BCUT2D eigenvalue weighted by molar-refractivity contribution is -0.142. The van der Waals surface area contributed by atoms with E-state index in [1.807, 2.05) is 55.5 Å². The van der Waals surface area contributed by atoms with Crippen molar-refractivity contribution in [1.29, 1.82) is 0 Å². The summed E-state index contributed by atoms with van der Waals surface area (Å²) < 4.78 is 20.1. The molecule has 184 valence electrons. The quantitative estimate of drug-likeness (QED) is 0.358. The van der Waals surface area contributed by atoms with Gasteiger partial charge in [-0.05, 0) is 70.2 Å². The number of carbonyl (C=O) groups excluding carboxylic acids is 2. The van der Waals surface area contributed by atoms with Crippen LogP contribution in [0.25, 0.3) is 0 Å². The van der Waals surface area contributed by atoms with Gasteiger partial charge in [0.15, 0.2) is 6.61 Å². The number of carbonyl (C=O) groups is 2. The van der Waals surface area contributed by atoms with Crippen molar-refractivity contribution in [2.45, 2.75) is 39.3 Å². The third-order valence-electron chi connectivity index (χ3n) is 5.64. The summed E-state index contributed by atoms with van der Waals surface area (Å²) in [6, 6.07) is 20.5. The molecule has 3 aromatic rings. The van der Waals surface area contributed by atoms with E-state index in [1.54, 1.807) is 12.1 Å². The number of nitrogens with one attached hydrogen (secondary N) is 1. The smallest absolute Gasteiger partial charge is 0.261 e. The van der Waals surface area contributed by atoms with Crippen LogP contribution in [-0.2, 0) is 29.0 Å². The minimum atomic E-state index is -0.760. The number of likely N-dealkylation sites (N-methyl/N-ethyl adjacent to an activating group) is 1. The van der Waals surface area contributed by atoms with E-state index in [0.717, 1.165) is 27.6 Å². The van der Waals surface area contributed by atoms with E-state index < -0.39 is 6.04 Å². The highest BCUT2D eigenvalue weighted by molar-refractivity contribution is 9.10. The summed E-state index contributed by atoms with van der Waals surface area (Å²) in [6.45, 7) is 4.25. The van der Waals surface area contributed by atoms with Gasteiger partial charge < -0.3 is 15.0 Å². The monoisotopic (exact) mass is 540 g/mol. The Hall–Kier alpha value is -3.19. The van der Waals surface area contributed by atoms with E-state index >= 15 is 0 Å². The molecule has 0 aliphatic carbocycles. The molecule has 0 heterocycles. The molecule has 0 radical (unpaired) electrons. The van der Waals surface area contributed by atoms with Crippen LogP contribution >= 0.6 is 15.9 Å². The van der Waals surface area contributed by atoms with E-state index in [4.69, 9.17) is 4.74 Å². The number of aryl methyl sites for hydroxylation is 1. The summed E-state index contributed by atoms with van der Waals surface area (Å²) in [5.41, 5.74) is 2.79. The Labute approximate surface area is 214 Å². The molecule has 0 fully saturated rings. The van der Waals surface area contributed by atoms with E-state index in [-0.39, 0.29) is 30.8 Å². The minimum absolute atomic E-state index is 0.146. The second-order valence-corrected chi connectivity index (χ2v) is 9.01. The number of benzene rings is 3. The third kappa shape index (κ3) is 7.65. The number of amides is 2. The maximum atomic E-state index is 13.5. The number of hydrogen-bond donors (Lipinski definition) is 1. The van der Waals surface area contributed by atoms with Crippen molar-refractivity contribution in [3.05, 3.63) is 99.8 Å². The first-order chi connectivity index (χ1) is 16.9. The Morgan fingerprint density at radius 1 is 0.971 bits per heavy atom. The van der Waals surface area contributed by atoms with Crippen molar-refractivity contribution < 1.29 is 18.7 Å². The van der Waals surface area contributed by atoms with Crippen LogP contribution in [0.3, 0.4) is 0 Å². The predicted octanol–water partition coefficient (Wildman–Crippen LogP) is 5.31. The molecular weight excluding hydrogens is 511 g/mol. The predicted molar refractivity (Wildman–Crippen MR) is 139 cm³/mol. The zero-order valence-corrected chi connectivity index (χ0v) is 21.6. The van der Waals surface area contributed by atoms with Gasteiger partial charge in [0.05, 0.1) is 4.47 Å². The SMILES string of the molecule is CCNC(=O)[C@H](Cc1ccccc1)N(Cc1ccc(F)cc1)C(=O)COc1ccc(CC)cc1Br. The van der Waals surface area contributed by atoms with Gasteiger partial charge in [-0.15, -0.1) is 0 Å². The highest BCUT2D eigenvalue weighted by Crippen LogP contribution is 2.26. The molecule has 0 bridgehead atoms. The van der Waals surface area contributed by atoms with E-state index in [0.29, 0.717) is 18.7 Å². The Balaban J connectivity index is 1.88. The molecule has 3 aromatic carbocycles. The fraction of sp³-hybridized carbons (Fsp3) is 0.286. The molecule has 0 spiro atoms. The molecule has 2 amide bonds. The second kappa shape index (κ2) is 13.0. The van der Waals surface area contributed by atoms with Crippen molar-refractivity contribution in [3.63, 3.8) is 0 Å². The van der Waals surface area contributed by atoms with Crippen molar-refractivity contribution >= 4 is 27.7 Å². The number of ether oxygens (including phenoxy) is 1. The second-order valence-electron chi connectivity index (χ2n) is 8.16. The summed E-state index contributed by atoms with van der Waals surface area (Å²) >= 11 is 3.50. The van der Waals surface area contributed by atoms with Crippen molar-refractivity contribution in [3.8, 4) is 5.75 Å². The Kier molecular flexibility index (Phi) is 9.85. The zero-order valence-electron chi connectivity index (χ0n) is 20.0. The molecule has 5 nitrogen and oxygen atoms in total. The standard InChI is InChI=1S/C28H30BrFN2O3/c1-3-20-12-15-26(24(29)16-20)35-19-27(33)32(18-22-10-13-23(30)14-11-22)25(28(34)31-4-2)17-21-8-6-5-7-9-21/h5-16,25H,3-4,17-19H2,1-2H3,(H,31,34)/t25-/m0/s1. The molecule has 0 aromatic heterocycles. The van der Waals surface area contributed by atoms with Gasteiger partial charge in [0.2, 0.25) is 5.91 Å². The first kappa shape index (κ1) is 26.4. The van der Waals surface area contributed by atoms with Crippen LogP contribution < -0.4 is 10.1 Å². The lowest BCUT2D eigenvalue weighted by atomic mass is 10.0. The summed E-state index contributed by atoms with van der Waals surface area (Å²) in [4.78, 5) is 28.1. The summed E-state index contributed by atoms with van der Waals surface area (Å²) in [7, 11) is 0. The van der Waals surface area contributed by atoms with Crippen LogP contribution in [0.2, 0.25) is 0 Å². The zero-order chi connectivity index (χ0) is 25.2. The minimum Gasteiger partial charge on any atom is -0.483 e. The number of hydrogen-bond acceptors (Lipinski definition) is 3. The lowest BCUT2D eigenvalue weighted by Gasteiger charge is -2.31. The van der Waals surface area contributed by atoms with Crippen LogP contribution in [0.1, 0.15) is 30.5 Å². The number of halogens is 2. The maximum absolute atomic E-state index is 13.5. The Bertz CT molecular complexity index is 1120. The fourth-order valence-electron chi connectivity index (χ4n) is 3.74. The van der Waals surface area contributed by atoms with Crippen LogP contribution in [0.15, 0.2) is 77.3 Å². The molecule has 7 heteroatoms. The van der Waals surface area contributed by atoms with Gasteiger partial charge in [-0.3, -0.25) is 9.59 Å². The van der Waals surface area contributed by atoms with Gasteiger partial charge >= 0.3 is 0 Å². The largest absolute Gasteiger partial charge is 0.483 e. The highest BCUT2D eigenvalue weighted by Gasteiger charge is 2.30. The highest BCUT2D eigenvalue weighted by atomic mass is 79.9. The molecule has 0 saturated carbocycles. The van der Waals surface area contributed by atoms with Crippen LogP contribution in [0.4, 0.5) is 4.39 Å². The molecule has 1 atom stereocenters. The topological polar surface area (TPSA) is 58.6 Å². The van der Waals surface area contributed by atoms with Gasteiger partial charge in [-0.1, -0.05) is 55.5 Å². The molecule has 35 heavy (non-hydrogen) atoms. The van der Waals surface area contributed by atoms with Crippen molar-refractivity contribution in [1.82, 2.24) is 10.2 Å². The van der Waals surface area contributed by atoms with E-state index in [9.17, 15) is 14.0 Å². The van der Waals surface area contributed by atoms with Gasteiger partial charge in [0.25, 0.3) is 5.91 Å². The van der Waals surface area contributed by atoms with Gasteiger partial charge in [-0.25, -0.2) is 4.39 Å². The van der Waals surface area contributed by atoms with Crippen molar-refractivity contribution in [2.75, 3.05) is 13.2 Å². The first-order valence-corrected chi connectivity index (χ1v) is 12.5. The molecule has 1 N–H and O–H groups in total. The first-order valence-electron chi connectivity index (χ1n) is 11.7. The lowest BCUT2D eigenvalue weighted by Crippen LogP contribution is -2.51. The van der Waals surface area contributed by atoms with Gasteiger partial charge in [0.1, 0.15) is 17.6 Å². The van der Waals surface area contributed by atoms with E-state index in [1.165, 1.54) is 17.0 Å². The number of rotatable bonds is 11. The summed E-state index contributed by atoms with van der Waals surface area (Å²) in [6.07, 6.45) is 1.23. The van der Waals surface area contributed by atoms with Crippen LogP contribution in [0.5, 0.6) is 5.75 Å². The molecule has 3 rings (SSSR count). The van der Waals surface area contributed by atoms with Gasteiger partial charge in [-0.2, -0.15) is 0 Å². The molecule has 0 saturated heterocycles. The number of nitrogens with zero attached hydrogens (tertiary/aromatic N) is 1. The van der Waals surface area contributed by atoms with Crippen molar-refractivity contribution in [2.24, 2.45) is 0 Å². The fourth-order valence-corrected chi connectivity index (χ4v) is 4.28. The average Bonchev–Trinajstić information content (AvgIpc) is 2.87. The van der Waals surface area contributed by atoms with Crippen LogP contribution in [-0.4, -0.2) is 35.9 Å². The summed E-state index contributed by atoms with van der Waals surface area (Å²) in [5.74, 6) is -0.400. The molecular formula is C28H30BrFN2O3. The average molecular weight is 541 g/mol. The third-order valence-corrected chi connectivity index (χ3v) is 6.26. The molecule has 0 aliphatic rings. The van der Waals surface area contributed by atoms with Gasteiger partial charge in [0, 0.05) is 19.5 Å². The maximum Gasteiger partial charge on any atom is 0.261 e. The Morgan fingerprint density at radius 3 is 2.29 bits per heavy atom. The molecule has 0 unspecified atom stereocenters. The van der Waals surface area contributed by atoms with Crippen LogP contribution in [0, 0.1) is 5.82 Å².